The molecule has 16 heavy (non-hydrogen) atoms. The van der Waals surface area contributed by atoms with E-state index < -0.39 is 0 Å². The molecule has 0 unspecified atom stereocenters. The van der Waals surface area contributed by atoms with Crippen molar-refractivity contribution in [2.45, 2.75) is 31.3 Å². The van der Waals surface area contributed by atoms with Gasteiger partial charge in [-0.3, -0.25) is 9.88 Å². The molecule has 84 valence electrons. The summed E-state index contributed by atoms with van der Waals surface area (Å²) >= 11 is 5.85. The summed E-state index contributed by atoms with van der Waals surface area (Å²) < 4.78 is 0. The molecule has 2 atom stereocenters. The van der Waals surface area contributed by atoms with E-state index in [1.807, 2.05) is 12.1 Å². The summed E-state index contributed by atoms with van der Waals surface area (Å²) in [7, 11) is 2.23. The molecule has 1 aromatic rings. The second-order valence-electron chi connectivity index (χ2n) is 4.72. The quantitative estimate of drug-likeness (QED) is 0.743. The van der Waals surface area contributed by atoms with Crippen molar-refractivity contribution in [2.75, 3.05) is 7.05 Å². The van der Waals surface area contributed by atoms with Crippen LogP contribution in [-0.2, 0) is 0 Å². The number of likely N-dealkylation sites (N-methyl/N-ethyl adjacent to an activating group) is 1. The molecule has 3 heterocycles. The monoisotopic (exact) mass is 234 g/mol. The van der Waals surface area contributed by atoms with E-state index in [-0.39, 0.29) is 0 Å². The van der Waals surface area contributed by atoms with Crippen LogP contribution in [0.1, 0.15) is 25.0 Å². The minimum Gasteiger partial charge on any atom is -0.297 e. The summed E-state index contributed by atoms with van der Waals surface area (Å²) in [5.74, 6) is 0. The summed E-state index contributed by atoms with van der Waals surface area (Å²) in [6.45, 7) is 0. The van der Waals surface area contributed by atoms with Gasteiger partial charge in [0, 0.05) is 18.3 Å². The predicted octanol–water partition coefficient (Wildman–Crippen LogP) is 2.98. The molecule has 0 radical (unpaired) electrons. The van der Waals surface area contributed by atoms with Crippen molar-refractivity contribution >= 4 is 17.2 Å². The molecule has 1 fully saturated rings. The molecule has 3 heteroatoms. The predicted molar refractivity (Wildman–Crippen MR) is 66.4 cm³/mol. The summed E-state index contributed by atoms with van der Waals surface area (Å²) in [4.78, 5) is 6.89. The average molecular weight is 235 g/mol. The molecule has 0 spiro atoms. The summed E-state index contributed by atoms with van der Waals surface area (Å²) in [5.41, 5.74) is 2.48. The van der Waals surface area contributed by atoms with Crippen LogP contribution in [0.15, 0.2) is 24.4 Å². The number of rotatable bonds is 1. The van der Waals surface area contributed by atoms with E-state index in [9.17, 15) is 0 Å². The first kappa shape index (κ1) is 10.3. The van der Waals surface area contributed by atoms with Crippen molar-refractivity contribution in [2.24, 2.45) is 0 Å². The van der Waals surface area contributed by atoms with E-state index >= 15 is 0 Å². The lowest BCUT2D eigenvalue weighted by Gasteiger charge is -2.30. The van der Waals surface area contributed by atoms with Crippen molar-refractivity contribution in [3.63, 3.8) is 0 Å². The molecule has 2 aliphatic heterocycles. The third-order valence-corrected chi connectivity index (χ3v) is 4.02. The Morgan fingerprint density at radius 1 is 1.38 bits per heavy atom. The Bertz CT molecular complexity index is 424. The highest BCUT2D eigenvalue weighted by Gasteiger charge is 2.34. The topological polar surface area (TPSA) is 16.1 Å². The zero-order valence-corrected chi connectivity index (χ0v) is 10.1. The SMILES string of the molecule is CN1[C@@H]2CC[C@H]1C=C(c1ccc(Cl)cn1)C2. The van der Waals surface area contributed by atoms with Gasteiger partial charge in [0.05, 0.1) is 10.7 Å². The van der Waals surface area contributed by atoms with Crippen molar-refractivity contribution in [3.05, 3.63) is 35.1 Å². The van der Waals surface area contributed by atoms with E-state index in [0.29, 0.717) is 17.1 Å². The first-order chi connectivity index (χ1) is 7.74. The van der Waals surface area contributed by atoms with Crippen molar-refractivity contribution in [3.8, 4) is 0 Å². The van der Waals surface area contributed by atoms with Crippen LogP contribution in [0, 0.1) is 0 Å². The van der Waals surface area contributed by atoms with Gasteiger partial charge in [-0.15, -0.1) is 0 Å². The van der Waals surface area contributed by atoms with E-state index in [2.05, 4.69) is 23.0 Å². The third-order valence-electron chi connectivity index (χ3n) is 3.80. The van der Waals surface area contributed by atoms with Gasteiger partial charge >= 0.3 is 0 Å². The van der Waals surface area contributed by atoms with Gasteiger partial charge in [-0.2, -0.15) is 0 Å². The molecule has 3 rings (SSSR count). The van der Waals surface area contributed by atoms with Crippen LogP contribution in [0.2, 0.25) is 5.02 Å². The highest BCUT2D eigenvalue weighted by molar-refractivity contribution is 6.30. The second-order valence-corrected chi connectivity index (χ2v) is 5.16. The zero-order chi connectivity index (χ0) is 11.1. The summed E-state index contributed by atoms with van der Waals surface area (Å²) in [5, 5.41) is 0.709. The molecule has 0 aliphatic carbocycles. The van der Waals surface area contributed by atoms with Crippen LogP contribution in [0.5, 0.6) is 0 Å². The Morgan fingerprint density at radius 3 is 2.94 bits per heavy atom. The standard InChI is InChI=1S/C13H15ClN2/c1-16-11-3-4-12(16)7-9(6-11)13-5-2-10(14)8-15-13/h2,5-6,8,11-12H,3-4,7H2,1H3/t11-,12+/m0/s1. The lowest BCUT2D eigenvalue weighted by Crippen LogP contribution is -2.34. The zero-order valence-electron chi connectivity index (χ0n) is 9.36. The minimum absolute atomic E-state index is 0.617. The van der Waals surface area contributed by atoms with Gasteiger partial charge in [-0.25, -0.2) is 0 Å². The smallest absolute Gasteiger partial charge is 0.0660 e. The Morgan fingerprint density at radius 2 is 2.25 bits per heavy atom. The molecule has 0 saturated carbocycles. The summed E-state index contributed by atoms with van der Waals surface area (Å²) in [6, 6.07) is 5.28. The number of aromatic nitrogens is 1. The number of halogens is 1. The molecule has 1 saturated heterocycles. The van der Waals surface area contributed by atoms with Gasteiger partial charge in [-0.05, 0) is 44.0 Å². The molecule has 2 bridgehead atoms. The van der Waals surface area contributed by atoms with Crippen molar-refractivity contribution in [1.29, 1.82) is 0 Å². The first-order valence-electron chi connectivity index (χ1n) is 5.78. The maximum absolute atomic E-state index is 5.85. The number of hydrogen-bond acceptors (Lipinski definition) is 2. The maximum atomic E-state index is 5.85. The highest BCUT2D eigenvalue weighted by atomic mass is 35.5. The van der Waals surface area contributed by atoms with Crippen LogP contribution < -0.4 is 0 Å². The van der Waals surface area contributed by atoms with E-state index in [0.717, 1.165) is 12.1 Å². The van der Waals surface area contributed by atoms with Gasteiger partial charge < -0.3 is 0 Å². The number of hydrogen-bond donors (Lipinski definition) is 0. The maximum Gasteiger partial charge on any atom is 0.0660 e. The van der Waals surface area contributed by atoms with Crippen molar-refractivity contribution in [1.82, 2.24) is 9.88 Å². The van der Waals surface area contributed by atoms with Gasteiger partial charge in [0.25, 0.3) is 0 Å². The first-order valence-corrected chi connectivity index (χ1v) is 6.16. The van der Waals surface area contributed by atoms with Crippen LogP contribution in [0.3, 0.4) is 0 Å². The average Bonchev–Trinajstić information content (AvgIpc) is 2.54. The third kappa shape index (κ3) is 1.66. The van der Waals surface area contributed by atoms with Gasteiger partial charge in [0.1, 0.15) is 0 Å². The molecule has 0 amide bonds. The Labute approximate surface area is 101 Å². The van der Waals surface area contributed by atoms with Gasteiger partial charge in [0.15, 0.2) is 0 Å². The van der Waals surface area contributed by atoms with Crippen LogP contribution in [0.4, 0.5) is 0 Å². The van der Waals surface area contributed by atoms with Crippen molar-refractivity contribution < 1.29 is 0 Å². The second kappa shape index (κ2) is 3.86. The number of pyridine rings is 1. The Balaban J connectivity index is 1.92. The normalized spacial score (nSPS) is 29.2. The molecule has 0 aromatic carbocycles. The number of fused-ring (bicyclic) bond motifs is 2. The minimum atomic E-state index is 0.617. The van der Waals surface area contributed by atoms with E-state index in [4.69, 9.17) is 11.6 Å². The number of nitrogens with zero attached hydrogens (tertiary/aromatic N) is 2. The van der Waals surface area contributed by atoms with Crippen LogP contribution in [0.25, 0.3) is 5.57 Å². The Kier molecular flexibility index (Phi) is 2.49. The lowest BCUT2D eigenvalue weighted by atomic mass is 9.99. The molecule has 0 N–H and O–H groups in total. The molecule has 2 nitrogen and oxygen atoms in total. The van der Waals surface area contributed by atoms with E-state index in [1.165, 1.54) is 18.4 Å². The highest BCUT2D eigenvalue weighted by Crippen LogP contribution is 2.36. The van der Waals surface area contributed by atoms with Crippen LogP contribution in [-0.4, -0.2) is 29.0 Å². The Hall–Kier alpha value is -0.860. The molecule has 1 aromatic heterocycles. The van der Waals surface area contributed by atoms with E-state index in [1.54, 1.807) is 6.20 Å². The largest absolute Gasteiger partial charge is 0.297 e. The summed E-state index contributed by atoms with van der Waals surface area (Å²) in [6.07, 6.45) is 7.84. The fraction of sp³-hybridized carbons (Fsp3) is 0.462. The lowest BCUT2D eigenvalue weighted by molar-refractivity contribution is 0.264. The van der Waals surface area contributed by atoms with Gasteiger partial charge in [0.2, 0.25) is 0 Å². The molecular formula is C13H15ClN2. The van der Waals surface area contributed by atoms with Gasteiger partial charge in [-0.1, -0.05) is 17.7 Å². The van der Waals surface area contributed by atoms with Crippen LogP contribution >= 0.6 is 11.6 Å². The molecular weight excluding hydrogens is 220 g/mol. The fourth-order valence-electron chi connectivity index (χ4n) is 2.80. The molecule has 2 aliphatic rings. The fourth-order valence-corrected chi connectivity index (χ4v) is 2.91.